The first-order valence-corrected chi connectivity index (χ1v) is 8.80. The summed E-state index contributed by atoms with van der Waals surface area (Å²) in [6.07, 6.45) is 1.84. The molecule has 2 heterocycles. The van der Waals surface area contributed by atoms with Crippen molar-refractivity contribution in [2.24, 2.45) is 0 Å². The van der Waals surface area contributed by atoms with Gasteiger partial charge in [0.1, 0.15) is 11.6 Å². The van der Waals surface area contributed by atoms with Crippen LogP contribution in [0.25, 0.3) is 10.9 Å². The van der Waals surface area contributed by atoms with Crippen LogP contribution in [0.15, 0.2) is 36.5 Å². The van der Waals surface area contributed by atoms with Crippen LogP contribution in [-0.2, 0) is 13.1 Å². The second-order valence-electron chi connectivity index (χ2n) is 6.18. The second-order valence-corrected chi connectivity index (χ2v) is 6.18. The summed E-state index contributed by atoms with van der Waals surface area (Å²) in [5, 5.41) is 4.43. The van der Waals surface area contributed by atoms with E-state index in [9.17, 15) is 4.39 Å². The van der Waals surface area contributed by atoms with Gasteiger partial charge in [0.25, 0.3) is 0 Å². The number of pyridine rings is 1. The molecule has 0 spiro atoms. The van der Waals surface area contributed by atoms with Crippen LogP contribution in [0.3, 0.4) is 0 Å². The van der Waals surface area contributed by atoms with Crippen LogP contribution in [0.1, 0.15) is 30.7 Å². The van der Waals surface area contributed by atoms with Gasteiger partial charge in [-0.15, -0.1) is 0 Å². The minimum Gasteiger partial charge on any atom is -0.357 e. The predicted molar refractivity (Wildman–Crippen MR) is 101 cm³/mol. The molecule has 0 atom stereocenters. The summed E-state index contributed by atoms with van der Waals surface area (Å²) in [4.78, 5) is 10.2. The van der Waals surface area contributed by atoms with Crippen molar-refractivity contribution in [1.29, 1.82) is 0 Å². The van der Waals surface area contributed by atoms with Crippen LogP contribution in [0, 0.1) is 12.7 Å². The third-order valence-corrected chi connectivity index (χ3v) is 4.67. The van der Waals surface area contributed by atoms with Gasteiger partial charge in [-0.3, -0.25) is 0 Å². The van der Waals surface area contributed by atoms with E-state index in [-0.39, 0.29) is 5.82 Å². The SMILES string of the molecule is CCN(CC)c1ncccc1CNCc1[nH]c2ccc(F)cc2c1C. The first-order valence-electron chi connectivity index (χ1n) is 8.80. The van der Waals surface area contributed by atoms with Crippen molar-refractivity contribution in [3.63, 3.8) is 0 Å². The number of halogens is 1. The summed E-state index contributed by atoms with van der Waals surface area (Å²) in [7, 11) is 0. The van der Waals surface area contributed by atoms with Gasteiger partial charge in [-0.2, -0.15) is 0 Å². The first-order chi connectivity index (χ1) is 12.1. The van der Waals surface area contributed by atoms with Gasteiger partial charge in [0.05, 0.1) is 0 Å². The summed E-state index contributed by atoms with van der Waals surface area (Å²) in [6.45, 7) is 9.63. The first kappa shape index (κ1) is 17.4. The molecule has 0 radical (unpaired) electrons. The average Bonchev–Trinajstić information content (AvgIpc) is 2.93. The van der Waals surface area contributed by atoms with Crippen LogP contribution in [0.4, 0.5) is 10.2 Å². The smallest absolute Gasteiger partial charge is 0.132 e. The molecule has 3 rings (SSSR count). The van der Waals surface area contributed by atoms with Crippen LogP contribution in [0.5, 0.6) is 0 Å². The zero-order chi connectivity index (χ0) is 17.8. The Kier molecular flexibility index (Phi) is 5.34. The second kappa shape index (κ2) is 7.66. The van der Waals surface area contributed by atoms with Gasteiger partial charge in [-0.25, -0.2) is 9.37 Å². The molecule has 0 aliphatic heterocycles. The number of H-pyrrole nitrogens is 1. The van der Waals surface area contributed by atoms with E-state index in [2.05, 4.69) is 40.1 Å². The number of anilines is 1. The van der Waals surface area contributed by atoms with Crippen LogP contribution >= 0.6 is 0 Å². The van der Waals surface area contributed by atoms with Crippen molar-refractivity contribution in [2.45, 2.75) is 33.9 Å². The Hall–Kier alpha value is -2.40. The molecule has 0 saturated carbocycles. The fraction of sp³-hybridized carbons (Fsp3) is 0.350. The van der Waals surface area contributed by atoms with Crippen molar-refractivity contribution in [3.8, 4) is 0 Å². The number of nitrogens with one attached hydrogen (secondary N) is 2. The van der Waals surface area contributed by atoms with E-state index in [1.54, 1.807) is 12.1 Å². The maximum Gasteiger partial charge on any atom is 0.132 e. The topological polar surface area (TPSA) is 44.0 Å². The average molecular weight is 340 g/mol. The predicted octanol–water partition coefficient (Wildman–Crippen LogP) is 4.15. The number of aromatic nitrogens is 2. The van der Waals surface area contributed by atoms with Crippen LogP contribution in [0.2, 0.25) is 0 Å². The van der Waals surface area contributed by atoms with E-state index >= 15 is 0 Å². The minimum atomic E-state index is -0.201. The van der Waals surface area contributed by atoms with Gasteiger partial charge in [-0.1, -0.05) is 6.07 Å². The van der Waals surface area contributed by atoms with Crippen molar-refractivity contribution >= 4 is 16.7 Å². The number of hydrogen-bond acceptors (Lipinski definition) is 3. The Morgan fingerprint density at radius 1 is 1.16 bits per heavy atom. The van der Waals surface area contributed by atoms with E-state index in [4.69, 9.17) is 0 Å². The summed E-state index contributed by atoms with van der Waals surface area (Å²) in [5.74, 6) is 0.837. The van der Waals surface area contributed by atoms with Crippen molar-refractivity contribution in [2.75, 3.05) is 18.0 Å². The minimum absolute atomic E-state index is 0.201. The number of benzene rings is 1. The van der Waals surface area contributed by atoms with E-state index in [1.807, 2.05) is 19.2 Å². The summed E-state index contributed by atoms with van der Waals surface area (Å²) in [5.41, 5.74) is 4.35. The molecule has 0 aliphatic carbocycles. The summed E-state index contributed by atoms with van der Waals surface area (Å²) < 4.78 is 13.4. The van der Waals surface area contributed by atoms with E-state index < -0.39 is 0 Å². The van der Waals surface area contributed by atoms with Gasteiger partial charge in [0, 0.05) is 54.5 Å². The molecule has 0 unspecified atom stereocenters. The molecule has 0 saturated heterocycles. The van der Waals surface area contributed by atoms with Gasteiger partial charge in [0.15, 0.2) is 0 Å². The molecule has 2 aromatic heterocycles. The van der Waals surface area contributed by atoms with Gasteiger partial charge >= 0.3 is 0 Å². The quantitative estimate of drug-likeness (QED) is 0.679. The number of nitrogens with zero attached hydrogens (tertiary/aromatic N) is 2. The lowest BCUT2D eigenvalue weighted by Crippen LogP contribution is -2.25. The molecule has 0 amide bonds. The molecule has 1 aromatic carbocycles. The number of rotatable bonds is 7. The van der Waals surface area contributed by atoms with Gasteiger partial charge < -0.3 is 15.2 Å². The molecular weight excluding hydrogens is 315 g/mol. The largest absolute Gasteiger partial charge is 0.357 e. The Labute approximate surface area is 148 Å². The maximum atomic E-state index is 13.4. The highest BCUT2D eigenvalue weighted by Crippen LogP contribution is 2.23. The van der Waals surface area contributed by atoms with E-state index in [1.165, 1.54) is 11.6 Å². The molecule has 0 fully saturated rings. The molecule has 2 N–H and O–H groups in total. The highest BCUT2D eigenvalue weighted by Gasteiger charge is 2.11. The highest BCUT2D eigenvalue weighted by atomic mass is 19.1. The third kappa shape index (κ3) is 3.66. The molecule has 5 heteroatoms. The standard InChI is InChI=1S/C20H25FN4/c1-4-25(5-2)20-15(7-6-10-23-20)12-22-13-19-14(3)17-11-16(21)8-9-18(17)24-19/h6-11,22,24H,4-5,12-13H2,1-3H3. The van der Waals surface area contributed by atoms with E-state index in [0.29, 0.717) is 6.54 Å². The molecule has 4 nitrogen and oxygen atoms in total. The fourth-order valence-electron chi connectivity index (χ4n) is 3.23. The zero-order valence-corrected chi connectivity index (χ0v) is 15.1. The van der Waals surface area contributed by atoms with Gasteiger partial charge in [-0.05, 0) is 50.6 Å². The summed E-state index contributed by atoms with van der Waals surface area (Å²) >= 11 is 0. The number of aromatic amines is 1. The lowest BCUT2D eigenvalue weighted by atomic mass is 10.1. The zero-order valence-electron chi connectivity index (χ0n) is 15.1. The molecule has 25 heavy (non-hydrogen) atoms. The molecule has 132 valence electrons. The Morgan fingerprint density at radius 2 is 1.96 bits per heavy atom. The normalized spacial score (nSPS) is 11.2. The third-order valence-electron chi connectivity index (χ3n) is 4.67. The molecule has 0 bridgehead atoms. The Morgan fingerprint density at radius 3 is 2.72 bits per heavy atom. The lowest BCUT2D eigenvalue weighted by molar-refractivity contribution is 0.629. The van der Waals surface area contributed by atoms with Crippen molar-refractivity contribution in [3.05, 3.63) is 59.2 Å². The molecular formula is C20H25FN4. The number of aryl methyl sites for hydroxylation is 1. The number of fused-ring (bicyclic) bond motifs is 1. The lowest BCUT2D eigenvalue weighted by Gasteiger charge is -2.22. The van der Waals surface area contributed by atoms with Crippen molar-refractivity contribution < 1.29 is 4.39 Å². The van der Waals surface area contributed by atoms with Crippen molar-refractivity contribution in [1.82, 2.24) is 15.3 Å². The number of hydrogen-bond donors (Lipinski definition) is 2. The summed E-state index contributed by atoms with van der Waals surface area (Å²) in [6, 6.07) is 8.95. The molecule has 0 aliphatic rings. The maximum absolute atomic E-state index is 13.4. The highest BCUT2D eigenvalue weighted by molar-refractivity contribution is 5.84. The monoisotopic (exact) mass is 340 g/mol. The van der Waals surface area contributed by atoms with Gasteiger partial charge in [0.2, 0.25) is 0 Å². The fourth-order valence-corrected chi connectivity index (χ4v) is 3.23. The van der Waals surface area contributed by atoms with Crippen LogP contribution in [-0.4, -0.2) is 23.1 Å². The van der Waals surface area contributed by atoms with E-state index in [0.717, 1.165) is 47.6 Å². The Balaban J connectivity index is 1.73. The Bertz CT molecular complexity index is 852. The van der Waals surface area contributed by atoms with Crippen LogP contribution < -0.4 is 10.2 Å². The molecule has 3 aromatic rings.